The van der Waals surface area contributed by atoms with Gasteiger partial charge < -0.3 is 18.9 Å². The first-order valence-electron chi connectivity index (χ1n) is 9.36. The van der Waals surface area contributed by atoms with E-state index in [2.05, 4.69) is 4.74 Å². The summed E-state index contributed by atoms with van der Waals surface area (Å²) in [6.07, 6.45) is -5.19. The molecule has 2 rings (SSSR count). The number of benzene rings is 2. The summed E-state index contributed by atoms with van der Waals surface area (Å²) in [6, 6.07) is 3.58. The summed E-state index contributed by atoms with van der Waals surface area (Å²) in [5.41, 5.74) is -1.91. The van der Waals surface area contributed by atoms with E-state index in [-0.39, 0.29) is 18.4 Å². The average molecular weight is 496 g/mol. The maximum Gasteiger partial charge on any atom is 0.416 e. The monoisotopic (exact) mass is 495 g/mol. The molecule has 0 saturated carbocycles. The lowest BCUT2D eigenvalue weighted by molar-refractivity contribution is -0.386. The summed E-state index contributed by atoms with van der Waals surface area (Å²) in [5, 5.41) is 10.7. The second-order valence-corrected chi connectivity index (χ2v) is 6.86. The second kappa shape index (κ2) is 11.1. The first kappa shape index (κ1) is 26.1. The van der Waals surface area contributed by atoms with Crippen LogP contribution in [0, 0.1) is 15.9 Å². The minimum Gasteiger partial charge on any atom is -0.464 e. The molecule has 0 N–H and O–H groups in total. The van der Waals surface area contributed by atoms with Crippen LogP contribution in [0.5, 0.6) is 17.2 Å². The molecule has 0 spiro atoms. The van der Waals surface area contributed by atoms with Crippen molar-refractivity contribution >= 4 is 23.3 Å². The number of unbranched alkanes of at least 4 members (excludes halogenated alkanes) is 1. The molecule has 0 bridgehead atoms. The van der Waals surface area contributed by atoms with Crippen LogP contribution in [0.3, 0.4) is 0 Å². The molecule has 0 aliphatic carbocycles. The summed E-state index contributed by atoms with van der Waals surface area (Å²) in [4.78, 5) is 22.5. The number of carbonyl (C=O) groups excluding carboxylic acids is 1. The zero-order valence-corrected chi connectivity index (χ0v) is 18.0. The molecule has 0 fully saturated rings. The first-order valence-corrected chi connectivity index (χ1v) is 9.74. The third kappa shape index (κ3) is 6.93. The van der Waals surface area contributed by atoms with E-state index in [0.29, 0.717) is 12.5 Å². The van der Waals surface area contributed by atoms with Gasteiger partial charge in [0.15, 0.2) is 11.6 Å². The van der Waals surface area contributed by atoms with Gasteiger partial charge in [-0.25, -0.2) is 9.18 Å². The Balaban J connectivity index is 2.39. The lowest BCUT2D eigenvalue weighted by Gasteiger charge is -2.18. The molecule has 0 heterocycles. The zero-order valence-electron chi connectivity index (χ0n) is 17.3. The summed E-state index contributed by atoms with van der Waals surface area (Å²) in [7, 11) is 1.06. The molecule has 8 nitrogen and oxygen atoms in total. The largest absolute Gasteiger partial charge is 0.464 e. The second-order valence-electron chi connectivity index (χ2n) is 6.45. The SMILES string of the molecule is CCCCOC(Oc1cc(Oc2c(F)cc(C(F)(F)F)cc2Cl)ccc1[N+](=O)[O-])C(=O)OC. The van der Waals surface area contributed by atoms with Gasteiger partial charge in [0.1, 0.15) is 5.75 Å². The van der Waals surface area contributed by atoms with Gasteiger partial charge in [0.2, 0.25) is 5.75 Å². The third-order valence-electron chi connectivity index (χ3n) is 4.07. The van der Waals surface area contributed by atoms with Crippen molar-refractivity contribution in [2.75, 3.05) is 13.7 Å². The fourth-order valence-electron chi connectivity index (χ4n) is 2.44. The van der Waals surface area contributed by atoms with Gasteiger partial charge >= 0.3 is 17.8 Å². The number of carbonyl (C=O) groups is 1. The molecule has 0 aliphatic rings. The molecule has 0 radical (unpaired) electrons. The highest BCUT2D eigenvalue weighted by Gasteiger charge is 2.33. The van der Waals surface area contributed by atoms with Gasteiger partial charge in [0.05, 0.1) is 29.2 Å². The maximum absolute atomic E-state index is 14.2. The Hall–Kier alpha value is -3.12. The van der Waals surface area contributed by atoms with Crippen LogP contribution in [0.25, 0.3) is 0 Å². The fourth-order valence-corrected chi connectivity index (χ4v) is 2.68. The Morgan fingerprint density at radius 1 is 1.24 bits per heavy atom. The molecular formula is C20H18ClF4NO7. The minimum absolute atomic E-state index is 0.0899. The topological polar surface area (TPSA) is 97.1 Å². The molecule has 0 aromatic heterocycles. The molecule has 33 heavy (non-hydrogen) atoms. The van der Waals surface area contributed by atoms with Gasteiger partial charge in [-0.05, 0) is 24.6 Å². The molecule has 1 atom stereocenters. The first-order chi connectivity index (χ1) is 15.5. The van der Waals surface area contributed by atoms with E-state index < -0.39 is 56.9 Å². The lowest BCUT2D eigenvalue weighted by Crippen LogP contribution is -2.32. The quantitative estimate of drug-likeness (QED) is 0.101. The Kier molecular flexibility index (Phi) is 8.83. The number of nitrogens with zero attached hydrogens (tertiary/aromatic N) is 1. The van der Waals surface area contributed by atoms with Crippen molar-refractivity contribution < 1.29 is 46.2 Å². The van der Waals surface area contributed by atoms with E-state index in [0.717, 1.165) is 31.7 Å². The van der Waals surface area contributed by atoms with Crippen molar-refractivity contribution in [3.63, 3.8) is 0 Å². The number of alkyl halides is 3. The predicted molar refractivity (Wildman–Crippen MR) is 107 cm³/mol. The smallest absolute Gasteiger partial charge is 0.416 e. The molecule has 0 aliphatic heterocycles. The number of ether oxygens (including phenoxy) is 4. The van der Waals surface area contributed by atoms with Crippen LogP contribution in [-0.2, 0) is 20.4 Å². The normalized spacial score (nSPS) is 12.2. The third-order valence-corrected chi connectivity index (χ3v) is 4.35. The van der Waals surface area contributed by atoms with Gasteiger partial charge in [-0.2, -0.15) is 13.2 Å². The predicted octanol–water partition coefficient (Wildman–Crippen LogP) is 5.89. The number of hydrogen-bond acceptors (Lipinski definition) is 7. The van der Waals surface area contributed by atoms with Gasteiger partial charge in [0.25, 0.3) is 6.29 Å². The Morgan fingerprint density at radius 2 is 1.94 bits per heavy atom. The summed E-state index contributed by atoms with van der Waals surface area (Å²) in [5.74, 6) is -3.89. The van der Waals surface area contributed by atoms with Crippen LogP contribution in [0.15, 0.2) is 30.3 Å². The summed E-state index contributed by atoms with van der Waals surface area (Å²) >= 11 is 5.74. The zero-order chi connectivity index (χ0) is 24.8. The van der Waals surface area contributed by atoms with Gasteiger partial charge in [0, 0.05) is 12.1 Å². The number of hydrogen-bond donors (Lipinski definition) is 0. The summed E-state index contributed by atoms with van der Waals surface area (Å²) < 4.78 is 73.0. The molecule has 1 unspecified atom stereocenters. The van der Waals surface area contributed by atoms with Crippen LogP contribution in [0.1, 0.15) is 25.3 Å². The number of nitro benzene ring substituents is 1. The molecule has 13 heteroatoms. The molecule has 0 saturated heterocycles. The highest BCUT2D eigenvalue weighted by atomic mass is 35.5. The van der Waals surface area contributed by atoms with Crippen molar-refractivity contribution in [2.24, 2.45) is 0 Å². The van der Waals surface area contributed by atoms with Crippen LogP contribution in [-0.4, -0.2) is 30.9 Å². The van der Waals surface area contributed by atoms with Crippen molar-refractivity contribution in [3.8, 4) is 17.2 Å². The van der Waals surface area contributed by atoms with Crippen molar-refractivity contribution in [3.05, 3.63) is 56.8 Å². The standard InChI is InChI=1S/C20H18ClF4NO7/c1-3-4-7-31-19(18(27)30-2)33-16-10-12(5-6-15(16)26(28)29)32-17-13(21)8-11(9-14(17)22)20(23,24)25/h5-6,8-10,19H,3-4,7H2,1-2H3. The highest BCUT2D eigenvalue weighted by Crippen LogP contribution is 2.40. The van der Waals surface area contributed by atoms with Gasteiger partial charge in [-0.3, -0.25) is 10.1 Å². The van der Waals surface area contributed by atoms with E-state index in [9.17, 15) is 32.5 Å². The number of halogens is 5. The van der Waals surface area contributed by atoms with E-state index in [1.807, 2.05) is 6.92 Å². The Labute approximate surface area is 190 Å². The Bertz CT molecular complexity index is 993. The van der Waals surface area contributed by atoms with Gasteiger partial charge in [-0.15, -0.1) is 0 Å². The number of esters is 1. The molecule has 2 aromatic carbocycles. The minimum atomic E-state index is -4.84. The highest BCUT2D eigenvalue weighted by molar-refractivity contribution is 6.32. The fraction of sp³-hybridized carbons (Fsp3) is 0.350. The number of nitro groups is 1. The number of rotatable bonds is 10. The van der Waals surface area contributed by atoms with E-state index in [1.54, 1.807) is 0 Å². The maximum atomic E-state index is 14.2. The van der Waals surface area contributed by atoms with E-state index in [1.165, 1.54) is 0 Å². The number of methoxy groups -OCH3 is 1. The van der Waals surface area contributed by atoms with E-state index in [4.69, 9.17) is 25.8 Å². The molecular weight excluding hydrogens is 478 g/mol. The Morgan fingerprint density at radius 3 is 2.48 bits per heavy atom. The van der Waals surface area contributed by atoms with E-state index >= 15 is 0 Å². The van der Waals surface area contributed by atoms with Crippen LogP contribution < -0.4 is 9.47 Å². The lowest BCUT2D eigenvalue weighted by atomic mass is 10.2. The van der Waals surface area contributed by atoms with Crippen molar-refractivity contribution in [1.29, 1.82) is 0 Å². The van der Waals surface area contributed by atoms with Crippen LogP contribution >= 0.6 is 11.6 Å². The average Bonchev–Trinajstić information content (AvgIpc) is 2.74. The summed E-state index contributed by atoms with van der Waals surface area (Å²) in [6.45, 7) is 1.96. The van der Waals surface area contributed by atoms with Crippen molar-refractivity contribution in [1.82, 2.24) is 0 Å². The molecule has 2 aromatic rings. The van der Waals surface area contributed by atoms with Crippen LogP contribution in [0.4, 0.5) is 23.2 Å². The van der Waals surface area contributed by atoms with Crippen molar-refractivity contribution in [2.45, 2.75) is 32.2 Å². The molecule has 180 valence electrons. The van der Waals surface area contributed by atoms with Crippen LogP contribution in [0.2, 0.25) is 5.02 Å². The molecule has 0 amide bonds. The van der Waals surface area contributed by atoms with Gasteiger partial charge in [-0.1, -0.05) is 24.9 Å².